The molecule has 1 N–H and O–H groups in total. The lowest BCUT2D eigenvalue weighted by atomic mass is 10.3. The zero-order valence-electron chi connectivity index (χ0n) is 11.6. The average molecular weight is 265 g/mol. The zero-order chi connectivity index (χ0) is 14.4. The number of amides is 1. The molecule has 0 aromatic carbocycles. The van der Waals surface area contributed by atoms with Gasteiger partial charge in [0.2, 0.25) is 0 Å². The van der Waals surface area contributed by atoms with Gasteiger partial charge < -0.3 is 10.1 Å². The van der Waals surface area contributed by atoms with Gasteiger partial charge in [-0.15, -0.1) is 0 Å². The number of anilines is 1. The summed E-state index contributed by atoms with van der Waals surface area (Å²) in [6, 6.07) is 1.82. The predicted molar refractivity (Wildman–Crippen MR) is 71.6 cm³/mol. The molecule has 1 rings (SSSR count). The molecule has 0 aliphatic rings. The van der Waals surface area contributed by atoms with E-state index in [1.165, 1.54) is 13.0 Å². The Morgan fingerprint density at radius 3 is 2.68 bits per heavy atom. The Morgan fingerprint density at radius 2 is 2.11 bits per heavy atom. The Hall–Kier alpha value is -2.11. The van der Waals surface area contributed by atoms with Crippen LogP contribution in [0.2, 0.25) is 0 Å². The van der Waals surface area contributed by atoms with Gasteiger partial charge in [0.15, 0.2) is 6.10 Å². The molecule has 1 amide bonds. The number of allylic oxidation sites excluding steroid dienone is 1. The van der Waals surface area contributed by atoms with E-state index in [-0.39, 0.29) is 11.9 Å². The topological polar surface area (TPSA) is 73.2 Å². The fraction of sp³-hybridized carbons (Fsp3) is 0.462. The molecule has 0 radical (unpaired) electrons. The summed E-state index contributed by atoms with van der Waals surface area (Å²) in [5.41, 5.74) is 0. The molecule has 0 unspecified atom stereocenters. The molecule has 0 aliphatic heterocycles. The Bertz CT molecular complexity index is 477. The van der Waals surface area contributed by atoms with Crippen molar-refractivity contribution in [2.24, 2.45) is 0 Å². The van der Waals surface area contributed by atoms with Crippen molar-refractivity contribution in [2.45, 2.75) is 39.8 Å². The first-order chi connectivity index (χ1) is 8.95. The number of nitrogens with zero attached hydrogens (tertiary/aromatic N) is 2. The number of esters is 1. The standard InChI is InChI=1S/C13H19N3O3/c1-5-6-12(17)19-10(4)13(18)15-11-7-8-14-16(11)9(2)3/h5-10H,1-4H3,(H,15,18)/b6-5-/t10-/m0/s1. The van der Waals surface area contributed by atoms with Crippen LogP contribution >= 0.6 is 0 Å². The Kier molecular flexibility index (Phi) is 5.29. The molecule has 0 fully saturated rings. The monoisotopic (exact) mass is 265 g/mol. The fourth-order valence-corrected chi connectivity index (χ4v) is 1.46. The van der Waals surface area contributed by atoms with E-state index < -0.39 is 12.1 Å². The van der Waals surface area contributed by atoms with Crippen LogP contribution < -0.4 is 5.32 Å². The fourth-order valence-electron chi connectivity index (χ4n) is 1.46. The Labute approximate surface area is 112 Å². The molecule has 0 aliphatic carbocycles. The molecule has 104 valence electrons. The van der Waals surface area contributed by atoms with Crippen LogP contribution in [0.3, 0.4) is 0 Å². The van der Waals surface area contributed by atoms with Gasteiger partial charge in [0.05, 0.1) is 6.20 Å². The maximum absolute atomic E-state index is 11.9. The van der Waals surface area contributed by atoms with Crippen molar-refractivity contribution in [2.75, 3.05) is 5.32 Å². The first-order valence-electron chi connectivity index (χ1n) is 6.13. The summed E-state index contributed by atoms with van der Waals surface area (Å²) < 4.78 is 6.61. The van der Waals surface area contributed by atoms with Gasteiger partial charge in [-0.25, -0.2) is 9.48 Å². The van der Waals surface area contributed by atoms with Gasteiger partial charge in [0, 0.05) is 18.2 Å². The minimum Gasteiger partial charge on any atom is -0.449 e. The maximum Gasteiger partial charge on any atom is 0.331 e. The molecule has 0 spiro atoms. The molecule has 0 saturated carbocycles. The third-order valence-electron chi connectivity index (χ3n) is 2.38. The predicted octanol–water partition coefficient (Wildman–Crippen LogP) is 1.91. The van der Waals surface area contributed by atoms with Crippen molar-refractivity contribution < 1.29 is 14.3 Å². The van der Waals surface area contributed by atoms with E-state index in [2.05, 4.69) is 10.4 Å². The highest BCUT2D eigenvalue weighted by atomic mass is 16.5. The number of carbonyl (C=O) groups excluding carboxylic acids is 2. The van der Waals surface area contributed by atoms with Crippen molar-refractivity contribution in [3.8, 4) is 0 Å². The van der Waals surface area contributed by atoms with E-state index in [0.717, 1.165) is 0 Å². The smallest absolute Gasteiger partial charge is 0.331 e. The molecule has 1 aromatic heterocycles. The SMILES string of the molecule is C/C=C\C(=O)O[C@@H](C)C(=O)Nc1ccnn1C(C)C. The quantitative estimate of drug-likeness (QED) is 0.652. The van der Waals surface area contributed by atoms with Crippen LogP contribution in [-0.2, 0) is 14.3 Å². The molecule has 1 atom stereocenters. The van der Waals surface area contributed by atoms with Gasteiger partial charge in [-0.1, -0.05) is 6.08 Å². The van der Waals surface area contributed by atoms with Crippen molar-refractivity contribution in [3.63, 3.8) is 0 Å². The third-order valence-corrected chi connectivity index (χ3v) is 2.38. The van der Waals surface area contributed by atoms with Crippen LogP contribution in [0.5, 0.6) is 0 Å². The van der Waals surface area contributed by atoms with Crippen LogP contribution in [0.15, 0.2) is 24.4 Å². The molecular weight excluding hydrogens is 246 g/mol. The third kappa shape index (κ3) is 4.24. The summed E-state index contributed by atoms with van der Waals surface area (Å²) in [7, 11) is 0. The lowest BCUT2D eigenvalue weighted by molar-refractivity contribution is -0.148. The van der Waals surface area contributed by atoms with Crippen LogP contribution in [0, 0.1) is 0 Å². The summed E-state index contributed by atoms with van der Waals surface area (Å²) in [5.74, 6) is -0.350. The lowest BCUT2D eigenvalue weighted by Crippen LogP contribution is -2.30. The minimum absolute atomic E-state index is 0.131. The van der Waals surface area contributed by atoms with E-state index in [1.807, 2.05) is 13.8 Å². The molecule has 1 aromatic rings. The normalized spacial score (nSPS) is 12.7. The van der Waals surface area contributed by atoms with Gasteiger partial charge >= 0.3 is 5.97 Å². The van der Waals surface area contributed by atoms with Crippen LogP contribution in [-0.4, -0.2) is 27.8 Å². The van der Waals surface area contributed by atoms with Crippen LogP contribution in [0.1, 0.15) is 33.7 Å². The van der Waals surface area contributed by atoms with Gasteiger partial charge in [0.25, 0.3) is 5.91 Å². The molecule has 19 heavy (non-hydrogen) atoms. The molecule has 0 saturated heterocycles. The van der Waals surface area contributed by atoms with Crippen molar-refractivity contribution in [1.82, 2.24) is 9.78 Å². The number of rotatable bonds is 5. The van der Waals surface area contributed by atoms with Crippen molar-refractivity contribution in [3.05, 3.63) is 24.4 Å². The molecule has 6 heteroatoms. The summed E-state index contributed by atoms with van der Waals surface area (Å²) in [6.45, 7) is 7.14. The van der Waals surface area contributed by atoms with Gasteiger partial charge in [0.1, 0.15) is 5.82 Å². The van der Waals surface area contributed by atoms with E-state index in [1.54, 1.807) is 29.9 Å². The average Bonchev–Trinajstić information content (AvgIpc) is 2.77. The first-order valence-corrected chi connectivity index (χ1v) is 6.13. The minimum atomic E-state index is -0.862. The summed E-state index contributed by atoms with van der Waals surface area (Å²) in [5, 5.41) is 6.78. The molecule has 6 nitrogen and oxygen atoms in total. The highest BCUT2D eigenvalue weighted by Gasteiger charge is 2.18. The zero-order valence-corrected chi connectivity index (χ0v) is 11.6. The largest absolute Gasteiger partial charge is 0.449 e. The Balaban J connectivity index is 2.64. The summed E-state index contributed by atoms with van der Waals surface area (Å²) in [4.78, 5) is 23.1. The van der Waals surface area contributed by atoms with Gasteiger partial charge in [-0.2, -0.15) is 5.10 Å². The lowest BCUT2D eigenvalue weighted by Gasteiger charge is -2.15. The van der Waals surface area contributed by atoms with E-state index in [9.17, 15) is 9.59 Å². The van der Waals surface area contributed by atoms with Gasteiger partial charge in [-0.05, 0) is 27.7 Å². The van der Waals surface area contributed by atoms with Crippen molar-refractivity contribution in [1.29, 1.82) is 0 Å². The molecule has 0 bridgehead atoms. The molecule has 1 heterocycles. The van der Waals surface area contributed by atoms with Crippen LogP contribution in [0.4, 0.5) is 5.82 Å². The number of ether oxygens (including phenoxy) is 1. The maximum atomic E-state index is 11.9. The second kappa shape index (κ2) is 6.72. The number of hydrogen-bond acceptors (Lipinski definition) is 4. The summed E-state index contributed by atoms with van der Waals surface area (Å²) >= 11 is 0. The highest BCUT2D eigenvalue weighted by Crippen LogP contribution is 2.13. The summed E-state index contributed by atoms with van der Waals surface area (Å²) in [6.07, 6.45) is 3.56. The van der Waals surface area contributed by atoms with E-state index in [0.29, 0.717) is 5.82 Å². The van der Waals surface area contributed by atoms with E-state index in [4.69, 9.17) is 4.74 Å². The number of carbonyl (C=O) groups is 2. The first kappa shape index (κ1) is 14.9. The highest BCUT2D eigenvalue weighted by molar-refractivity contribution is 5.95. The van der Waals surface area contributed by atoms with Crippen LogP contribution in [0.25, 0.3) is 0 Å². The number of nitrogens with one attached hydrogen (secondary N) is 1. The second-order valence-corrected chi connectivity index (χ2v) is 4.32. The second-order valence-electron chi connectivity index (χ2n) is 4.32. The number of hydrogen-bond donors (Lipinski definition) is 1. The number of aromatic nitrogens is 2. The van der Waals surface area contributed by atoms with Gasteiger partial charge in [-0.3, -0.25) is 4.79 Å². The Morgan fingerprint density at radius 1 is 1.42 bits per heavy atom. The molecular formula is C13H19N3O3. The van der Waals surface area contributed by atoms with E-state index >= 15 is 0 Å². The van der Waals surface area contributed by atoms with Crippen molar-refractivity contribution >= 4 is 17.7 Å².